The monoisotopic (exact) mass is 312 g/mol. The van der Waals surface area contributed by atoms with Crippen LogP contribution in [-0.2, 0) is 10.0 Å². The van der Waals surface area contributed by atoms with E-state index in [1.165, 1.54) is 18.5 Å². The quantitative estimate of drug-likeness (QED) is 0.332. The summed E-state index contributed by atoms with van der Waals surface area (Å²) in [5.41, 5.74) is 4.74. The predicted octanol–water partition coefficient (Wildman–Crippen LogP) is 1.06. The fourth-order valence-corrected chi connectivity index (χ4v) is 3.98. The summed E-state index contributed by atoms with van der Waals surface area (Å²) in [5, 5.41) is 12.0. The maximum absolute atomic E-state index is 12.5. The minimum atomic E-state index is -3.78. The van der Waals surface area contributed by atoms with Crippen LogP contribution in [0.1, 0.15) is 32.6 Å². The van der Waals surface area contributed by atoms with Crippen molar-refractivity contribution in [1.82, 2.24) is 9.71 Å². The van der Waals surface area contributed by atoms with Crippen LogP contribution in [-0.4, -0.2) is 30.0 Å². The first-order valence-electron chi connectivity index (χ1n) is 6.82. The van der Waals surface area contributed by atoms with Gasteiger partial charge < -0.3 is 10.9 Å². The molecule has 1 fully saturated rings. The van der Waals surface area contributed by atoms with Gasteiger partial charge in [0.15, 0.2) is 5.84 Å². The predicted molar refractivity (Wildman–Crippen MR) is 78.3 cm³/mol. The molecule has 0 unspecified atom stereocenters. The van der Waals surface area contributed by atoms with Crippen LogP contribution in [0.15, 0.2) is 34.6 Å². The Balaban J connectivity index is 2.32. The van der Waals surface area contributed by atoms with Crippen molar-refractivity contribution in [2.24, 2.45) is 16.8 Å². The molecule has 0 aliphatic heterocycles. The minimum absolute atomic E-state index is 0.0636. The lowest BCUT2D eigenvalue weighted by Crippen LogP contribution is -2.58. The SMILES string of the molecule is CC1CCC(NS(=O)(=O)c2cccnc2)(/C(N)=N/O)CC1. The number of hydrogen-bond donors (Lipinski definition) is 3. The molecule has 0 aromatic carbocycles. The molecule has 1 aliphatic carbocycles. The zero-order valence-corrected chi connectivity index (χ0v) is 12.7. The van der Waals surface area contributed by atoms with Crippen molar-refractivity contribution in [2.45, 2.75) is 43.0 Å². The van der Waals surface area contributed by atoms with E-state index in [0.717, 1.165) is 12.8 Å². The molecule has 0 saturated heterocycles. The molecule has 0 atom stereocenters. The van der Waals surface area contributed by atoms with Gasteiger partial charge >= 0.3 is 0 Å². The Morgan fingerprint density at radius 1 is 1.52 bits per heavy atom. The number of aromatic nitrogens is 1. The third kappa shape index (κ3) is 3.33. The van der Waals surface area contributed by atoms with Crippen LogP contribution in [0.25, 0.3) is 0 Å². The standard InChI is InChI=1S/C13H20N4O3S/c1-10-4-6-13(7-5-10,12(14)16-18)17-21(19,20)11-3-2-8-15-9-11/h2-3,8-10,17-18H,4-7H2,1H3,(H2,14,16). The summed E-state index contributed by atoms with van der Waals surface area (Å²) in [6.07, 6.45) is 5.40. The Kier molecular flexibility index (Phi) is 4.48. The second kappa shape index (κ2) is 5.98. The maximum atomic E-state index is 12.5. The number of nitrogens with one attached hydrogen (secondary N) is 1. The Bertz CT molecular complexity index is 608. The molecule has 1 aliphatic rings. The van der Waals surface area contributed by atoms with E-state index < -0.39 is 15.6 Å². The van der Waals surface area contributed by atoms with Gasteiger partial charge in [0.2, 0.25) is 10.0 Å². The first kappa shape index (κ1) is 15.7. The first-order chi connectivity index (χ1) is 9.89. The molecule has 1 aromatic heterocycles. The molecule has 2 rings (SSSR count). The van der Waals surface area contributed by atoms with E-state index in [1.807, 2.05) is 0 Å². The van der Waals surface area contributed by atoms with E-state index in [1.54, 1.807) is 6.07 Å². The molecule has 1 aromatic rings. The van der Waals surface area contributed by atoms with Crippen molar-refractivity contribution < 1.29 is 13.6 Å². The number of oxime groups is 1. The van der Waals surface area contributed by atoms with Crippen molar-refractivity contribution in [3.63, 3.8) is 0 Å². The number of sulfonamides is 1. The van der Waals surface area contributed by atoms with Gasteiger partial charge in [-0.25, -0.2) is 8.42 Å². The average Bonchev–Trinajstić information content (AvgIpc) is 2.49. The van der Waals surface area contributed by atoms with E-state index in [2.05, 4.69) is 21.8 Å². The number of rotatable bonds is 4. The lowest BCUT2D eigenvalue weighted by atomic mass is 9.77. The van der Waals surface area contributed by atoms with E-state index in [-0.39, 0.29) is 10.7 Å². The summed E-state index contributed by atoms with van der Waals surface area (Å²) in [6, 6.07) is 3.01. The average molecular weight is 312 g/mol. The van der Waals surface area contributed by atoms with E-state index in [4.69, 9.17) is 10.9 Å². The highest BCUT2D eigenvalue weighted by molar-refractivity contribution is 7.89. The zero-order valence-electron chi connectivity index (χ0n) is 11.9. The summed E-state index contributed by atoms with van der Waals surface area (Å²) in [4.78, 5) is 3.88. The molecule has 0 spiro atoms. The summed E-state index contributed by atoms with van der Waals surface area (Å²) >= 11 is 0. The largest absolute Gasteiger partial charge is 0.409 e. The van der Waals surface area contributed by atoms with Crippen LogP contribution in [0.3, 0.4) is 0 Å². The smallest absolute Gasteiger partial charge is 0.243 e. The minimum Gasteiger partial charge on any atom is -0.409 e. The Morgan fingerprint density at radius 3 is 2.71 bits per heavy atom. The molecule has 116 valence electrons. The highest BCUT2D eigenvalue weighted by atomic mass is 32.2. The van der Waals surface area contributed by atoms with Crippen LogP contribution in [0.4, 0.5) is 0 Å². The van der Waals surface area contributed by atoms with Gasteiger partial charge in [-0.05, 0) is 43.7 Å². The lowest BCUT2D eigenvalue weighted by molar-refractivity contribution is 0.266. The summed E-state index contributed by atoms with van der Waals surface area (Å²) in [5.74, 6) is 0.398. The second-order valence-corrected chi connectivity index (χ2v) is 7.23. The van der Waals surface area contributed by atoms with Gasteiger partial charge in [0.05, 0.1) is 5.54 Å². The van der Waals surface area contributed by atoms with Gasteiger partial charge in [-0.1, -0.05) is 12.1 Å². The first-order valence-corrected chi connectivity index (χ1v) is 8.30. The van der Waals surface area contributed by atoms with E-state index in [9.17, 15) is 8.42 Å². The highest BCUT2D eigenvalue weighted by Crippen LogP contribution is 2.33. The van der Waals surface area contributed by atoms with Crippen LogP contribution in [0.5, 0.6) is 0 Å². The number of nitrogens with zero attached hydrogens (tertiary/aromatic N) is 2. The number of pyridine rings is 1. The number of nitrogens with two attached hydrogens (primary N) is 1. The van der Waals surface area contributed by atoms with E-state index in [0.29, 0.717) is 18.8 Å². The van der Waals surface area contributed by atoms with Gasteiger partial charge in [0.25, 0.3) is 0 Å². The molecule has 21 heavy (non-hydrogen) atoms. The van der Waals surface area contributed by atoms with Crippen molar-refractivity contribution in [3.05, 3.63) is 24.5 Å². The Hall–Kier alpha value is -1.67. The molecule has 0 bridgehead atoms. The molecular weight excluding hydrogens is 292 g/mol. The maximum Gasteiger partial charge on any atom is 0.243 e. The van der Waals surface area contributed by atoms with Crippen molar-refractivity contribution >= 4 is 15.9 Å². The molecular formula is C13H20N4O3S. The van der Waals surface area contributed by atoms with E-state index >= 15 is 0 Å². The molecule has 1 saturated carbocycles. The summed E-state index contributed by atoms with van der Waals surface area (Å²) in [6.45, 7) is 2.10. The summed E-state index contributed by atoms with van der Waals surface area (Å²) in [7, 11) is -3.78. The second-order valence-electron chi connectivity index (χ2n) is 5.54. The third-order valence-electron chi connectivity index (χ3n) is 4.00. The van der Waals surface area contributed by atoms with Gasteiger partial charge in [-0.3, -0.25) is 4.98 Å². The van der Waals surface area contributed by atoms with Gasteiger partial charge in [-0.2, -0.15) is 4.72 Å². The fraction of sp³-hybridized carbons (Fsp3) is 0.538. The van der Waals surface area contributed by atoms with Crippen molar-refractivity contribution in [2.75, 3.05) is 0 Å². The topological polar surface area (TPSA) is 118 Å². The van der Waals surface area contributed by atoms with Crippen molar-refractivity contribution in [3.8, 4) is 0 Å². The molecule has 0 radical (unpaired) electrons. The van der Waals surface area contributed by atoms with Gasteiger partial charge in [0, 0.05) is 12.4 Å². The number of hydrogen-bond acceptors (Lipinski definition) is 5. The fourth-order valence-electron chi connectivity index (χ4n) is 2.58. The highest BCUT2D eigenvalue weighted by Gasteiger charge is 2.42. The third-order valence-corrected chi connectivity index (χ3v) is 5.52. The Morgan fingerprint density at radius 2 is 2.19 bits per heavy atom. The summed E-state index contributed by atoms with van der Waals surface area (Å²) < 4.78 is 27.5. The molecule has 4 N–H and O–H groups in total. The van der Waals surface area contributed by atoms with Crippen LogP contribution >= 0.6 is 0 Å². The van der Waals surface area contributed by atoms with Crippen LogP contribution in [0, 0.1) is 5.92 Å². The molecule has 8 heteroatoms. The molecule has 7 nitrogen and oxygen atoms in total. The molecule has 0 amide bonds. The van der Waals surface area contributed by atoms with Crippen molar-refractivity contribution in [1.29, 1.82) is 0 Å². The van der Waals surface area contributed by atoms with Gasteiger partial charge in [0.1, 0.15) is 4.90 Å². The lowest BCUT2D eigenvalue weighted by Gasteiger charge is -2.38. The van der Waals surface area contributed by atoms with Crippen LogP contribution < -0.4 is 10.5 Å². The van der Waals surface area contributed by atoms with Gasteiger partial charge in [-0.15, -0.1) is 0 Å². The molecule has 1 heterocycles. The number of amidine groups is 1. The Labute approximate surface area is 124 Å². The zero-order chi connectivity index (χ0) is 15.5. The normalized spacial score (nSPS) is 27.5. The van der Waals surface area contributed by atoms with Crippen LogP contribution in [0.2, 0.25) is 0 Å².